The number of aromatic nitrogens is 2. The molecule has 1 atom stereocenters. The zero-order valence-electron chi connectivity index (χ0n) is 9.70. The molecule has 1 unspecified atom stereocenters. The van der Waals surface area contributed by atoms with E-state index in [1.807, 2.05) is 0 Å². The Labute approximate surface area is 110 Å². The van der Waals surface area contributed by atoms with E-state index in [2.05, 4.69) is 10.2 Å². The standard InChI is InChI=1S/C11H9F4N3S/c1-5(16)9-17-18-10(19-9)7-4-6(11(13,14)15)2-3-8(7)12/h2-5H,16H2,1H3. The molecule has 0 radical (unpaired) electrons. The van der Waals surface area contributed by atoms with E-state index in [1.54, 1.807) is 6.92 Å². The first-order chi connectivity index (χ1) is 8.79. The fraction of sp³-hybridized carbons (Fsp3) is 0.273. The first-order valence-electron chi connectivity index (χ1n) is 5.25. The Balaban J connectivity index is 2.48. The van der Waals surface area contributed by atoms with Gasteiger partial charge in [0.2, 0.25) is 0 Å². The van der Waals surface area contributed by atoms with E-state index >= 15 is 0 Å². The lowest BCUT2D eigenvalue weighted by Crippen LogP contribution is -2.05. The highest BCUT2D eigenvalue weighted by molar-refractivity contribution is 7.14. The fourth-order valence-corrected chi connectivity index (χ4v) is 2.21. The van der Waals surface area contributed by atoms with Crippen molar-refractivity contribution in [3.63, 3.8) is 0 Å². The average molecular weight is 291 g/mol. The monoisotopic (exact) mass is 291 g/mol. The van der Waals surface area contributed by atoms with E-state index in [9.17, 15) is 17.6 Å². The summed E-state index contributed by atoms with van der Waals surface area (Å²) in [6.45, 7) is 1.66. The molecule has 0 saturated carbocycles. The zero-order valence-corrected chi connectivity index (χ0v) is 10.5. The molecule has 0 aliphatic rings. The third-order valence-electron chi connectivity index (χ3n) is 2.35. The molecule has 2 N–H and O–H groups in total. The second-order valence-corrected chi connectivity index (χ2v) is 4.94. The largest absolute Gasteiger partial charge is 0.416 e. The highest BCUT2D eigenvalue weighted by Crippen LogP contribution is 2.34. The van der Waals surface area contributed by atoms with Gasteiger partial charge in [-0.2, -0.15) is 13.2 Å². The second kappa shape index (κ2) is 4.86. The number of rotatable bonds is 2. The smallest absolute Gasteiger partial charge is 0.322 e. The summed E-state index contributed by atoms with van der Waals surface area (Å²) in [6, 6.07) is 1.78. The second-order valence-electron chi connectivity index (χ2n) is 3.93. The fourth-order valence-electron chi connectivity index (χ4n) is 1.39. The van der Waals surface area contributed by atoms with Crippen molar-refractivity contribution < 1.29 is 17.6 Å². The number of benzene rings is 1. The van der Waals surface area contributed by atoms with Crippen LogP contribution in [-0.4, -0.2) is 10.2 Å². The maximum atomic E-state index is 13.6. The van der Waals surface area contributed by atoms with Gasteiger partial charge in [0, 0.05) is 5.56 Å². The molecule has 8 heteroatoms. The Morgan fingerprint density at radius 2 is 1.95 bits per heavy atom. The molecule has 2 aromatic rings. The van der Waals surface area contributed by atoms with Crippen LogP contribution >= 0.6 is 11.3 Å². The van der Waals surface area contributed by atoms with Crippen molar-refractivity contribution >= 4 is 11.3 Å². The summed E-state index contributed by atoms with van der Waals surface area (Å²) in [5, 5.41) is 7.91. The van der Waals surface area contributed by atoms with Crippen molar-refractivity contribution in [1.29, 1.82) is 0 Å². The van der Waals surface area contributed by atoms with Gasteiger partial charge in [0.15, 0.2) is 5.01 Å². The van der Waals surface area contributed by atoms with Crippen LogP contribution in [0.3, 0.4) is 0 Å². The number of alkyl halides is 3. The van der Waals surface area contributed by atoms with Crippen molar-refractivity contribution in [2.75, 3.05) is 0 Å². The summed E-state index contributed by atoms with van der Waals surface area (Å²) in [7, 11) is 0. The van der Waals surface area contributed by atoms with Crippen LogP contribution in [0.4, 0.5) is 17.6 Å². The molecule has 0 bridgehead atoms. The minimum atomic E-state index is -4.53. The number of halogens is 4. The Hall–Kier alpha value is -1.54. The molecule has 102 valence electrons. The van der Waals surface area contributed by atoms with Crippen LogP contribution in [0.25, 0.3) is 10.6 Å². The van der Waals surface area contributed by atoms with Gasteiger partial charge in [-0.25, -0.2) is 4.39 Å². The molecule has 1 heterocycles. The van der Waals surface area contributed by atoms with E-state index in [0.717, 1.165) is 23.5 Å². The van der Waals surface area contributed by atoms with Gasteiger partial charge >= 0.3 is 6.18 Å². The molecule has 0 aliphatic heterocycles. The lowest BCUT2D eigenvalue weighted by molar-refractivity contribution is -0.137. The van der Waals surface area contributed by atoms with Crippen molar-refractivity contribution in [2.45, 2.75) is 19.1 Å². The van der Waals surface area contributed by atoms with Gasteiger partial charge in [0.05, 0.1) is 11.6 Å². The van der Waals surface area contributed by atoms with Crippen LogP contribution in [0.2, 0.25) is 0 Å². The van der Waals surface area contributed by atoms with E-state index in [4.69, 9.17) is 5.73 Å². The molecular weight excluding hydrogens is 282 g/mol. The Morgan fingerprint density at radius 1 is 1.26 bits per heavy atom. The van der Waals surface area contributed by atoms with Crippen LogP contribution in [0.5, 0.6) is 0 Å². The molecule has 19 heavy (non-hydrogen) atoms. The van der Waals surface area contributed by atoms with Gasteiger partial charge in [-0.3, -0.25) is 0 Å². The lowest BCUT2D eigenvalue weighted by Gasteiger charge is -2.08. The minimum Gasteiger partial charge on any atom is -0.322 e. The van der Waals surface area contributed by atoms with Crippen molar-refractivity contribution in [2.24, 2.45) is 5.73 Å². The average Bonchev–Trinajstić information content (AvgIpc) is 2.77. The molecule has 2 rings (SSSR count). The Morgan fingerprint density at radius 3 is 2.47 bits per heavy atom. The summed E-state index contributed by atoms with van der Waals surface area (Å²) in [5.74, 6) is -0.777. The topological polar surface area (TPSA) is 51.8 Å². The first kappa shape index (κ1) is 13.9. The summed E-state index contributed by atoms with van der Waals surface area (Å²) < 4.78 is 51.3. The van der Waals surface area contributed by atoms with Crippen molar-refractivity contribution in [3.8, 4) is 10.6 Å². The summed E-state index contributed by atoms with van der Waals surface area (Å²) in [6.07, 6.45) is -4.53. The Kier molecular flexibility index (Phi) is 3.55. The number of nitrogens with zero attached hydrogens (tertiary/aromatic N) is 2. The third kappa shape index (κ3) is 2.90. The Bertz CT molecular complexity index is 592. The summed E-state index contributed by atoms with van der Waals surface area (Å²) >= 11 is 0.973. The van der Waals surface area contributed by atoms with Crippen LogP contribution in [0.1, 0.15) is 23.5 Å². The van der Waals surface area contributed by atoms with E-state index in [-0.39, 0.29) is 10.6 Å². The minimum absolute atomic E-state index is 0.0795. The SMILES string of the molecule is CC(N)c1nnc(-c2cc(C(F)(F)F)ccc2F)s1. The van der Waals surface area contributed by atoms with Gasteiger partial charge in [-0.05, 0) is 25.1 Å². The molecule has 1 aromatic carbocycles. The lowest BCUT2D eigenvalue weighted by atomic mass is 10.1. The quantitative estimate of drug-likeness (QED) is 0.863. The van der Waals surface area contributed by atoms with Crippen LogP contribution in [0, 0.1) is 5.82 Å². The third-order valence-corrected chi connectivity index (χ3v) is 3.51. The normalized spacial score (nSPS) is 13.6. The molecule has 0 saturated heterocycles. The molecule has 0 spiro atoms. The molecule has 0 fully saturated rings. The van der Waals surface area contributed by atoms with Crippen LogP contribution < -0.4 is 5.73 Å². The van der Waals surface area contributed by atoms with Crippen LogP contribution in [-0.2, 0) is 6.18 Å². The van der Waals surface area contributed by atoms with Crippen LogP contribution in [0.15, 0.2) is 18.2 Å². The molecule has 3 nitrogen and oxygen atoms in total. The highest BCUT2D eigenvalue weighted by atomic mass is 32.1. The van der Waals surface area contributed by atoms with Gasteiger partial charge in [0.25, 0.3) is 0 Å². The van der Waals surface area contributed by atoms with E-state index in [1.165, 1.54) is 0 Å². The van der Waals surface area contributed by atoms with Gasteiger partial charge in [-0.1, -0.05) is 11.3 Å². The number of hydrogen-bond donors (Lipinski definition) is 1. The maximum Gasteiger partial charge on any atom is 0.416 e. The molecule has 1 aromatic heterocycles. The van der Waals surface area contributed by atoms with E-state index in [0.29, 0.717) is 11.1 Å². The first-order valence-corrected chi connectivity index (χ1v) is 6.07. The number of hydrogen-bond acceptors (Lipinski definition) is 4. The van der Waals surface area contributed by atoms with Gasteiger partial charge in [0.1, 0.15) is 10.8 Å². The highest BCUT2D eigenvalue weighted by Gasteiger charge is 2.31. The predicted octanol–water partition coefficient (Wildman–Crippen LogP) is 3.38. The summed E-state index contributed by atoms with van der Waals surface area (Å²) in [4.78, 5) is 0. The zero-order chi connectivity index (χ0) is 14.2. The molecule has 0 aliphatic carbocycles. The summed E-state index contributed by atoms with van der Waals surface area (Å²) in [5.41, 5.74) is 4.42. The maximum absolute atomic E-state index is 13.6. The number of nitrogens with two attached hydrogens (primary N) is 1. The predicted molar refractivity (Wildman–Crippen MR) is 62.9 cm³/mol. The molecular formula is C11H9F4N3S. The van der Waals surface area contributed by atoms with Crippen molar-refractivity contribution in [3.05, 3.63) is 34.6 Å². The van der Waals surface area contributed by atoms with Gasteiger partial charge in [-0.15, -0.1) is 10.2 Å². The van der Waals surface area contributed by atoms with Gasteiger partial charge < -0.3 is 5.73 Å². The van der Waals surface area contributed by atoms with Crippen molar-refractivity contribution in [1.82, 2.24) is 10.2 Å². The van der Waals surface area contributed by atoms with E-state index < -0.39 is 23.6 Å². The molecule has 0 amide bonds.